The van der Waals surface area contributed by atoms with Gasteiger partial charge in [-0.25, -0.2) is 0 Å². The van der Waals surface area contributed by atoms with E-state index in [4.69, 9.17) is 0 Å². The molecule has 2 aromatic rings. The number of nitrogens with one attached hydrogen (secondary N) is 1. The summed E-state index contributed by atoms with van der Waals surface area (Å²) in [7, 11) is 0. The van der Waals surface area contributed by atoms with E-state index in [-0.39, 0.29) is 0 Å². The topological polar surface area (TPSA) is 18.5 Å². The summed E-state index contributed by atoms with van der Waals surface area (Å²) in [4.78, 5) is 5.03. The molecule has 0 radical (unpaired) electrons. The maximum atomic E-state index is 3.72. The van der Waals surface area contributed by atoms with Gasteiger partial charge in [0.15, 0.2) is 0 Å². The Morgan fingerprint density at radius 1 is 1.00 bits per heavy atom. The minimum Gasteiger partial charge on any atom is -0.369 e. The van der Waals surface area contributed by atoms with Gasteiger partial charge in [-0.1, -0.05) is 59.3 Å². The molecule has 1 fully saturated rings. The fourth-order valence-corrected chi connectivity index (χ4v) is 3.65. The maximum absolute atomic E-state index is 3.72. The number of hydrogen-bond donors (Lipinski definition) is 1. The number of rotatable bonds is 6. The molecular formula is C20H26BrN3. The summed E-state index contributed by atoms with van der Waals surface area (Å²) < 4.78 is 1.20. The van der Waals surface area contributed by atoms with Crippen LogP contribution >= 0.6 is 15.9 Å². The van der Waals surface area contributed by atoms with E-state index in [1.54, 1.807) is 0 Å². The fourth-order valence-electron chi connectivity index (χ4n) is 3.14. The predicted molar refractivity (Wildman–Crippen MR) is 105 cm³/mol. The first-order chi connectivity index (χ1) is 11.8. The van der Waals surface area contributed by atoms with Crippen molar-refractivity contribution in [1.82, 2.24) is 10.2 Å². The van der Waals surface area contributed by atoms with Crippen LogP contribution in [0.2, 0.25) is 0 Å². The van der Waals surface area contributed by atoms with E-state index in [0.29, 0.717) is 0 Å². The zero-order chi connectivity index (χ0) is 16.8. The molecule has 1 heterocycles. The van der Waals surface area contributed by atoms with Crippen LogP contribution in [-0.4, -0.2) is 37.6 Å². The minimum absolute atomic E-state index is 0.919. The molecule has 0 bridgehead atoms. The summed E-state index contributed by atoms with van der Waals surface area (Å²) in [6.45, 7) is 9.52. The van der Waals surface area contributed by atoms with Gasteiger partial charge in [0.2, 0.25) is 0 Å². The third-order valence-corrected chi connectivity index (χ3v) is 5.33. The van der Waals surface area contributed by atoms with E-state index in [1.165, 1.54) is 21.3 Å². The molecule has 128 valence electrons. The van der Waals surface area contributed by atoms with Gasteiger partial charge in [0.05, 0.1) is 0 Å². The Bertz CT molecular complexity index is 637. The lowest BCUT2D eigenvalue weighted by Gasteiger charge is -2.36. The minimum atomic E-state index is 0.919. The highest BCUT2D eigenvalue weighted by molar-refractivity contribution is 9.10. The molecule has 1 saturated heterocycles. The van der Waals surface area contributed by atoms with Crippen molar-refractivity contribution < 1.29 is 0 Å². The van der Waals surface area contributed by atoms with Gasteiger partial charge in [-0.05, 0) is 29.8 Å². The van der Waals surface area contributed by atoms with Crippen molar-refractivity contribution in [1.29, 1.82) is 0 Å². The first-order valence-corrected chi connectivity index (χ1v) is 9.56. The molecule has 4 heteroatoms. The average molecular weight is 388 g/mol. The lowest BCUT2D eigenvalue weighted by Crippen LogP contribution is -2.46. The van der Waals surface area contributed by atoms with E-state index in [9.17, 15) is 0 Å². The Labute approximate surface area is 153 Å². The predicted octanol–water partition coefficient (Wildman–Crippen LogP) is 3.88. The van der Waals surface area contributed by atoms with Crippen molar-refractivity contribution in [2.75, 3.05) is 37.6 Å². The smallest absolute Gasteiger partial charge is 0.0378 e. The van der Waals surface area contributed by atoms with E-state index < -0.39 is 0 Å². The normalized spacial score (nSPS) is 15.7. The average Bonchev–Trinajstić information content (AvgIpc) is 2.62. The summed E-state index contributed by atoms with van der Waals surface area (Å²) in [5, 5.41) is 3.38. The molecule has 24 heavy (non-hydrogen) atoms. The molecule has 1 N–H and O–H groups in total. The van der Waals surface area contributed by atoms with Crippen molar-refractivity contribution in [2.45, 2.75) is 20.0 Å². The molecule has 0 amide bonds. The zero-order valence-corrected chi connectivity index (χ0v) is 15.9. The third kappa shape index (κ3) is 4.59. The van der Waals surface area contributed by atoms with Gasteiger partial charge in [-0.2, -0.15) is 0 Å². The Hall–Kier alpha value is -1.36. The Balaban J connectivity index is 1.55. The molecular weight excluding hydrogens is 362 g/mol. The largest absolute Gasteiger partial charge is 0.369 e. The van der Waals surface area contributed by atoms with Gasteiger partial charge in [0.1, 0.15) is 0 Å². The Kier molecular flexibility index (Phi) is 6.30. The van der Waals surface area contributed by atoms with Crippen LogP contribution in [0.5, 0.6) is 0 Å². The monoisotopic (exact) mass is 387 g/mol. The van der Waals surface area contributed by atoms with Crippen molar-refractivity contribution in [2.24, 2.45) is 0 Å². The molecule has 0 unspecified atom stereocenters. The van der Waals surface area contributed by atoms with E-state index in [2.05, 4.69) is 86.5 Å². The molecule has 2 aromatic carbocycles. The molecule has 0 aromatic heterocycles. The zero-order valence-electron chi connectivity index (χ0n) is 14.3. The molecule has 0 spiro atoms. The summed E-state index contributed by atoms with van der Waals surface area (Å²) in [6, 6.07) is 17.5. The van der Waals surface area contributed by atoms with Gasteiger partial charge >= 0.3 is 0 Å². The summed E-state index contributed by atoms with van der Waals surface area (Å²) >= 11 is 3.72. The first-order valence-electron chi connectivity index (χ1n) is 8.76. The SMILES string of the molecule is CCNCc1ccc(N2CCN(Cc3ccccc3)CC2)cc1Br. The third-order valence-electron chi connectivity index (χ3n) is 4.59. The van der Waals surface area contributed by atoms with Crippen LogP contribution in [0.3, 0.4) is 0 Å². The Morgan fingerprint density at radius 2 is 1.75 bits per heavy atom. The highest BCUT2D eigenvalue weighted by Crippen LogP contribution is 2.25. The van der Waals surface area contributed by atoms with Crippen LogP contribution in [0.15, 0.2) is 53.0 Å². The van der Waals surface area contributed by atoms with Crippen LogP contribution in [0.4, 0.5) is 5.69 Å². The molecule has 0 atom stereocenters. The van der Waals surface area contributed by atoms with Gasteiger partial charge in [0.25, 0.3) is 0 Å². The molecule has 3 rings (SSSR count). The van der Waals surface area contributed by atoms with Crippen molar-refractivity contribution in [3.8, 4) is 0 Å². The highest BCUT2D eigenvalue weighted by Gasteiger charge is 2.17. The van der Waals surface area contributed by atoms with Crippen LogP contribution in [0, 0.1) is 0 Å². The Morgan fingerprint density at radius 3 is 2.42 bits per heavy atom. The highest BCUT2D eigenvalue weighted by atomic mass is 79.9. The number of halogens is 1. The van der Waals surface area contributed by atoms with Gasteiger partial charge in [-0.15, -0.1) is 0 Å². The van der Waals surface area contributed by atoms with Crippen molar-refractivity contribution >= 4 is 21.6 Å². The van der Waals surface area contributed by atoms with E-state index >= 15 is 0 Å². The van der Waals surface area contributed by atoms with Crippen LogP contribution < -0.4 is 10.2 Å². The second-order valence-electron chi connectivity index (χ2n) is 6.30. The van der Waals surface area contributed by atoms with Gasteiger partial charge in [-0.3, -0.25) is 4.90 Å². The van der Waals surface area contributed by atoms with E-state index in [1.807, 2.05) is 0 Å². The van der Waals surface area contributed by atoms with Crippen LogP contribution in [-0.2, 0) is 13.1 Å². The quantitative estimate of drug-likeness (QED) is 0.810. The number of benzene rings is 2. The van der Waals surface area contributed by atoms with Crippen LogP contribution in [0.1, 0.15) is 18.1 Å². The number of nitrogens with zero attached hydrogens (tertiary/aromatic N) is 2. The molecule has 0 aliphatic carbocycles. The summed E-state index contributed by atoms with van der Waals surface area (Å²) in [6.07, 6.45) is 0. The standard InChI is InChI=1S/C20H26BrN3/c1-2-22-15-18-8-9-19(14-20(18)21)24-12-10-23(11-13-24)16-17-6-4-3-5-7-17/h3-9,14,22H,2,10-13,15-16H2,1H3. The first kappa shape index (κ1) is 17.5. The second-order valence-corrected chi connectivity index (χ2v) is 7.16. The van der Waals surface area contributed by atoms with E-state index in [0.717, 1.165) is 45.8 Å². The molecule has 1 aliphatic rings. The number of anilines is 1. The fraction of sp³-hybridized carbons (Fsp3) is 0.400. The lowest BCUT2D eigenvalue weighted by molar-refractivity contribution is 0.250. The van der Waals surface area contributed by atoms with Gasteiger partial charge in [0, 0.05) is 49.4 Å². The molecule has 0 saturated carbocycles. The van der Waals surface area contributed by atoms with Gasteiger partial charge < -0.3 is 10.2 Å². The molecule has 3 nitrogen and oxygen atoms in total. The number of hydrogen-bond acceptors (Lipinski definition) is 3. The number of piperazine rings is 1. The van der Waals surface area contributed by atoms with Crippen LogP contribution in [0.25, 0.3) is 0 Å². The lowest BCUT2D eigenvalue weighted by atomic mass is 10.1. The molecule has 1 aliphatic heterocycles. The maximum Gasteiger partial charge on any atom is 0.0378 e. The summed E-state index contributed by atoms with van der Waals surface area (Å²) in [5.74, 6) is 0. The van der Waals surface area contributed by atoms with Crippen molar-refractivity contribution in [3.63, 3.8) is 0 Å². The van der Waals surface area contributed by atoms with Crippen molar-refractivity contribution in [3.05, 3.63) is 64.1 Å². The summed E-state index contributed by atoms with van der Waals surface area (Å²) in [5.41, 5.74) is 4.05. The second kappa shape index (κ2) is 8.65.